The monoisotopic (exact) mass is 449 g/mol. The number of nitrogens with zero attached hydrogens (tertiary/aromatic N) is 3. The minimum absolute atomic E-state index is 0.257. The lowest BCUT2D eigenvalue weighted by Gasteiger charge is -2.07. The summed E-state index contributed by atoms with van der Waals surface area (Å²) in [5.74, 6) is 1.26. The summed E-state index contributed by atoms with van der Waals surface area (Å²) >= 11 is 5.80. The van der Waals surface area contributed by atoms with Crippen molar-refractivity contribution in [3.05, 3.63) is 77.6 Å². The first-order valence-corrected chi connectivity index (χ1v) is 10.3. The van der Waals surface area contributed by atoms with E-state index in [0.717, 1.165) is 11.1 Å². The number of halogens is 1. The van der Waals surface area contributed by atoms with Gasteiger partial charge in [-0.1, -0.05) is 12.1 Å². The number of benzene rings is 2. The number of aromatic nitrogens is 3. The second-order valence-corrected chi connectivity index (χ2v) is 7.25. The van der Waals surface area contributed by atoms with Crippen molar-refractivity contribution in [2.45, 2.75) is 5.88 Å². The van der Waals surface area contributed by atoms with Gasteiger partial charge in [-0.05, 0) is 35.9 Å². The third-order valence-electron chi connectivity index (χ3n) is 4.87. The number of ether oxygens (including phenoxy) is 1. The van der Waals surface area contributed by atoms with Gasteiger partial charge in [0.05, 0.1) is 11.0 Å². The predicted molar refractivity (Wildman–Crippen MR) is 122 cm³/mol. The normalized spacial score (nSPS) is 10.7. The topological polar surface area (TPSA) is 98.1 Å². The summed E-state index contributed by atoms with van der Waals surface area (Å²) in [6.07, 6.45) is 1.51. The van der Waals surface area contributed by atoms with Crippen LogP contribution in [0, 0.1) is 0 Å². The fourth-order valence-electron chi connectivity index (χ4n) is 3.14. The average molecular weight is 450 g/mol. The highest BCUT2D eigenvalue weighted by Crippen LogP contribution is 2.27. The van der Waals surface area contributed by atoms with Crippen molar-refractivity contribution in [3.63, 3.8) is 0 Å². The quantitative estimate of drug-likeness (QED) is 0.431. The summed E-state index contributed by atoms with van der Waals surface area (Å²) in [5, 5.41) is 5.36. The number of carbonyl (C=O) groups is 2. The Hall–Kier alpha value is -3.91. The molecule has 2 N–H and O–H groups in total. The number of amides is 2. The molecule has 0 aliphatic carbocycles. The van der Waals surface area contributed by atoms with Gasteiger partial charge in [0.25, 0.3) is 11.8 Å². The Kier molecular flexibility index (Phi) is 6.04. The van der Waals surface area contributed by atoms with Crippen molar-refractivity contribution in [1.82, 2.24) is 19.9 Å². The zero-order valence-electron chi connectivity index (χ0n) is 17.4. The van der Waals surface area contributed by atoms with E-state index < -0.39 is 0 Å². The molecule has 0 bridgehead atoms. The molecule has 0 aliphatic heterocycles. The number of fused-ring (bicyclic) bond motifs is 1. The number of carbonyl (C=O) groups excluding carboxylic acids is 2. The van der Waals surface area contributed by atoms with E-state index in [-0.39, 0.29) is 17.5 Å². The predicted octanol–water partition coefficient (Wildman–Crippen LogP) is 4.11. The molecule has 4 rings (SSSR count). The molecule has 0 atom stereocenters. The average Bonchev–Trinajstić information content (AvgIpc) is 3.13. The van der Waals surface area contributed by atoms with Crippen LogP contribution in [0.15, 0.2) is 60.8 Å². The van der Waals surface area contributed by atoms with Gasteiger partial charge in [-0.15, -0.1) is 11.6 Å². The van der Waals surface area contributed by atoms with Gasteiger partial charge in [-0.25, -0.2) is 4.98 Å². The second kappa shape index (κ2) is 9.07. The second-order valence-electron chi connectivity index (χ2n) is 6.99. The summed E-state index contributed by atoms with van der Waals surface area (Å²) in [7, 11) is 3.36. The number of pyridine rings is 1. The van der Waals surface area contributed by atoms with Gasteiger partial charge in [-0.2, -0.15) is 0 Å². The number of anilines is 1. The lowest BCUT2D eigenvalue weighted by atomic mass is 10.1. The zero-order chi connectivity index (χ0) is 22.7. The summed E-state index contributed by atoms with van der Waals surface area (Å²) in [6.45, 7) is 0. The minimum Gasteiger partial charge on any atom is -0.457 e. The summed E-state index contributed by atoms with van der Waals surface area (Å²) < 4.78 is 7.67. The number of imidazole rings is 1. The highest BCUT2D eigenvalue weighted by atomic mass is 35.5. The third kappa shape index (κ3) is 4.40. The van der Waals surface area contributed by atoms with Gasteiger partial charge in [0.15, 0.2) is 0 Å². The fourth-order valence-corrected chi connectivity index (χ4v) is 3.31. The lowest BCUT2D eigenvalue weighted by Crippen LogP contribution is -2.18. The Morgan fingerprint density at radius 2 is 1.78 bits per heavy atom. The van der Waals surface area contributed by atoms with Gasteiger partial charge < -0.3 is 14.6 Å². The Labute approximate surface area is 189 Å². The molecule has 0 spiro atoms. The Bertz CT molecular complexity index is 1300. The highest BCUT2D eigenvalue weighted by Gasteiger charge is 2.14. The Morgan fingerprint density at radius 3 is 2.50 bits per heavy atom. The fraction of sp³-hybridized carbons (Fsp3) is 0.130. The molecule has 8 nitrogen and oxygen atoms in total. The van der Waals surface area contributed by atoms with Crippen LogP contribution in [0.1, 0.15) is 26.4 Å². The minimum atomic E-state index is -0.298. The molecule has 2 aromatic heterocycles. The van der Waals surface area contributed by atoms with Crippen molar-refractivity contribution in [1.29, 1.82) is 0 Å². The highest BCUT2D eigenvalue weighted by molar-refractivity contribution is 6.17. The first kappa shape index (κ1) is 21.3. The number of hydrogen-bond donors (Lipinski definition) is 2. The van der Waals surface area contributed by atoms with Crippen molar-refractivity contribution >= 4 is 40.4 Å². The van der Waals surface area contributed by atoms with Crippen molar-refractivity contribution in [3.8, 4) is 11.5 Å². The molecule has 0 unspecified atom stereocenters. The van der Waals surface area contributed by atoms with Crippen LogP contribution in [0.4, 0.5) is 5.95 Å². The van der Waals surface area contributed by atoms with Gasteiger partial charge in [0.1, 0.15) is 17.2 Å². The molecule has 0 saturated carbocycles. The third-order valence-corrected chi connectivity index (χ3v) is 5.18. The van der Waals surface area contributed by atoms with Gasteiger partial charge in [-0.3, -0.25) is 19.9 Å². The molecule has 32 heavy (non-hydrogen) atoms. The van der Waals surface area contributed by atoms with E-state index in [2.05, 4.69) is 20.6 Å². The number of rotatable bonds is 6. The molecule has 0 fully saturated rings. The van der Waals surface area contributed by atoms with Gasteiger partial charge in [0.2, 0.25) is 5.95 Å². The number of hydrogen-bond acceptors (Lipinski definition) is 5. The molecule has 2 aromatic carbocycles. The molecule has 0 radical (unpaired) electrons. The van der Waals surface area contributed by atoms with Gasteiger partial charge in [0, 0.05) is 43.9 Å². The van der Waals surface area contributed by atoms with E-state index in [4.69, 9.17) is 16.3 Å². The molecular formula is C23H20ClN5O3. The standard InChI is InChI=1S/C23H20ClN5O3/c1-25-22(31)19-12-17(9-10-26-19)32-16-7-8-20-18(11-16)27-23(29(20)2)28-21(30)15-5-3-14(13-24)4-6-15/h3-12H,13H2,1-2H3,(H,25,31)(H,27,28,30). The molecule has 0 saturated heterocycles. The van der Waals surface area contributed by atoms with Crippen LogP contribution < -0.4 is 15.4 Å². The van der Waals surface area contributed by atoms with Crippen molar-refractivity contribution < 1.29 is 14.3 Å². The molecule has 9 heteroatoms. The molecule has 4 aromatic rings. The Morgan fingerprint density at radius 1 is 1.03 bits per heavy atom. The summed E-state index contributed by atoms with van der Waals surface area (Å²) in [5.41, 5.74) is 3.19. The van der Waals surface area contributed by atoms with E-state index in [1.54, 1.807) is 41.0 Å². The number of nitrogens with one attached hydrogen (secondary N) is 2. The number of aryl methyl sites for hydroxylation is 1. The van der Waals surface area contributed by atoms with Crippen LogP contribution in [-0.2, 0) is 12.9 Å². The van der Waals surface area contributed by atoms with E-state index in [0.29, 0.717) is 34.4 Å². The van der Waals surface area contributed by atoms with E-state index in [9.17, 15) is 9.59 Å². The first-order chi connectivity index (χ1) is 15.5. The summed E-state index contributed by atoms with van der Waals surface area (Å²) in [6, 6.07) is 15.7. The SMILES string of the molecule is CNC(=O)c1cc(Oc2ccc3c(c2)nc(NC(=O)c2ccc(CCl)cc2)n3C)ccn1. The van der Waals surface area contributed by atoms with Crippen molar-refractivity contribution in [2.75, 3.05) is 12.4 Å². The Balaban J connectivity index is 1.55. The van der Waals surface area contributed by atoms with Crippen LogP contribution in [0.5, 0.6) is 11.5 Å². The maximum atomic E-state index is 12.6. The van der Waals surface area contributed by atoms with Crippen LogP contribution in [0.25, 0.3) is 11.0 Å². The number of alkyl halides is 1. The largest absolute Gasteiger partial charge is 0.457 e. The van der Waals surface area contributed by atoms with E-state index >= 15 is 0 Å². The zero-order valence-corrected chi connectivity index (χ0v) is 18.2. The summed E-state index contributed by atoms with van der Waals surface area (Å²) in [4.78, 5) is 32.9. The van der Waals surface area contributed by atoms with Gasteiger partial charge >= 0.3 is 0 Å². The molecule has 2 heterocycles. The van der Waals surface area contributed by atoms with E-state index in [1.165, 1.54) is 13.2 Å². The lowest BCUT2D eigenvalue weighted by molar-refractivity contribution is 0.0957. The van der Waals surface area contributed by atoms with Crippen LogP contribution >= 0.6 is 11.6 Å². The maximum absolute atomic E-state index is 12.6. The van der Waals surface area contributed by atoms with E-state index in [1.807, 2.05) is 25.2 Å². The molecular weight excluding hydrogens is 430 g/mol. The maximum Gasteiger partial charge on any atom is 0.269 e. The molecule has 2 amide bonds. The molecule has 162 valence electrons. The first-order valence-electron chi connectivity index (χ1n) is 9.77. The smallest absolute Gasteiger partial charge is 0.269 e. The van der Waals surface area contributed by atoms with Crippen LogP contribution in [0.3, 0.4) is 0 Å². The van der Waals surface area contributed by atoms with Crippen molar-refractivity contribution in [2.24, 2.45) is 7.05 Å². The molecule has 0 aliphatic rings. The van der Waals surface area contributed by atoms with Crippen LogP contribution in [0.2, 0.25) is 0 Å². The van der Waals surface area contributed by atoms with Crippen LogP contribution in [-0.4, -0.2) is 33.4 Å².